The number of hydrogen-bond donors (Lipinski definition) is 0. The zero-order valence-corrected chi connectivity index (χ0v) is 33.4. The summed E-state index contributed by atoms with van der Waals surface area (Å²) in [5.41, 5.74) is 10.6. The van der Waals surface area contributed by atoms with Crippen LogP contribution in [-0.4, -0.2) is 0 Å². The van der Waals surface area contributed by atoms with Gasteiger partial charge in [-0.1, -0.05) is 193 Å². The van der Waals surface area contributed by atoms with E-state index in [2.05, 4.69) is 144 Å². The minimum Gasteiger partial charge on any atom is -0.309 e. The molecule has 0 aliphatic heterocycles. The van der Waals surface area contributed by atoms with Crippen LogP contribution in [0, 0.1) is 0 Å². The van der Waals surface area contributed by atoms with E-state index >= 15 is 0 Å². The lowest BCUT2D eigenvalue weighted by molar-refractivity contribution is 0.570. The molecule has 0 heterocycles. The minimum absolute atomic E-state index is 0.0252. The van der Waals surface area contributed by atoms with Crippen LogP contribution in [0.1, 0.15) is 85.9 Å². The van der Waals surface area contributed by atoms with Crippen molar-refractivity contribution in [2.24, 2.45) is 0 Å². The van der Waals surface area contributed by atoms with Crippen LogP contribution in [0.2, 0.25) is 5.02 Å². The first-order valence-corrected chi connectivity index (χ1v) is 18.6. The van der Waals surface area contributed by atoms with E-state index in [4.69, 9.17) is 18.5 Å². The molecule has 3 heteroatoms. The van der Waals surface area contributed by atoms with E-state index in [0.717, 1.165) is 43.8 Å². The molecular weight excluding hydrogens is 706 g/mol. The molecule has 51 heavy (non-hydrogen) atoms. The Labute approximate surface area is 326 Å². The molecule has 0 aromatic heterocycles. The molecule has 0 fully saturated rings. The third-order valence-electron chi connectivity index (χ3n) is 9.30. The molecule has 6 aromatic rings. The van der Waals surface area contributed by atoms with E-state index in [1.807, 2.05) is 36.4 Å². The van der Waals surface area contributed by atoms with Crippen molar-refractivity contribution in [2.75, 3.05) is 4.90 Å². The highest BCUT2D eigenvalue weighted by Gasteiger charge is 2.28. The molecule has 0 unspecified atom stereocenters. The van der Waals surface area contributed by atoms with E-state index in [0.29, 0.717) is 10.6 Å². The fourth-order valence-electron chi connectivity index (χ4n) is 6.52. The molecule has 1 nitrogen and oxygen atoms in total. The van der Waals surface area contributed by atoms with Gasteiger partial charge in [0, 0.05) is 32.0 Å². The van der Waals surface area contributed by atoms with Gasteiger partial charge in [0.1, 0.15) is 0 Å². The predicted molar refractivity (Wildman–Crippen MR) is 226 cm³/mol. The highest BCUT2D eigenvalue weighted by molar-refractivity contribution is 9.10. The Morgan fingerprint density at radius 2 is 1.16 bits per heavy atom. The van der Waals surface area contributed by atoms with Crippen LogP contribution >= 0.6 is 27.5 Å². The number of benzene rings is 6. The van der Waals surface area contributed by atoms with E-state index in [1.165, 1.54) is 16.7 Å². The Kier molecular flexibility index (Phi) is 8.45. The van der Waals surface area contributed by atoms with Crippen molar-refractivity contribution in [1.29, 1.82) is 0 Å². The maximum absolute atomic E-state index is 8.82. The zero-order valence-electron chi connectivity index (χ0n) is 36.0. The van der Waals surface area contributed by atoms with E-state index in [-0.39, 0.29) is 46.0 Å². The summed E-state index contributed by atoms with van der Waals surface area (Å²) in [5.74, 6) is 0. The highest BCUT2D eigenvalue weighted by atomic mass is 79.9. The fraction of sp³-hybridized carbons (Fsp3) is 0.250. The van der Waals surface area contributed by atoms with Gasteiger partial charge in [-0.05, 0) is 85.5 Å². The topological polar surface area (TPSA) is 3.24 Å². The van der Waals surface area contributed by atoms with E-state index < -0.39 is 6.04 Å². The van der Waals surface area contributed by atoms with Gasteiger partial charge in [-0.25, -0.2) is 0 Å². The zero-order chi connectivity index (χ0) is 41.1. The van der Waals surface area contributed by atoms with E-state index in [9.17, 15) is 0 Å². The number of nitrogens with zero attached hydrogens (tertiary/aromatic N) is 1. The van der Waals surface area contributed by atoms with Crippen LogP contribution in [0.3, 0.4) is 0 Å². The lowest BCUT2D eigenvalue weighted by Gasteiger charge is -2.33. The largest absolute Gasteiger partial charge is 0.309 e. The maximum Gasteiger partial charge on any atom is 0.0629 e. The standard InChI is InChI=1S/C48H49BrClN/c1-46(2,3)35-23-21-33(22-24-35)41-19-14-20-43(42-26-25-36(47(4,5)6)28-44(42)48(7,8)9)45(41)51(40-30-37(49)29-38(50)31-40)39-18-13-17-34(27-39)32-15-11-10-12-16-32/h10-31H,1-9H3/i10D,11D,12D,15D,16D. The van der Waals surface area contributed by atoms with Crippen molar-refractivity contribution in [3.8, 4) is 33.4 Å². The lowest BCUT2D eigenvalue weighted by Crippen LogP contribution is -2.18. The molecule has 0 aliphatic rings. The van der Waals surface area contributed by atoms with Crippen LogP contribution in [0.15, 0.2) is 138 Å². The predicted octanol–water partition coefficient (Wildman–Crippen LogP) is 15.5. The number of para-hydroxylation sites is 1. The molecule has 0 aliphatic carbocycles. The monoisotopic (exact) mass is 758 g/mol. The van der Waals surface area contributed by atoms with E-state index in [1.54, 1.807) is 6.07 Å². The van der Waals surface area contributed by atoms with Crippen molar-refractivity contribution in [3.05, 3.63) is 160 Å². The highest BCUT2D eigenvalue weighted by Crippen LogP contribution is 2.50. The minimum atomic E-state index is -0.423. The van der Waals surface area contributed by atoms with Gasteiger partial charge in [0.15, 0.2) is 0 Å². The van der Waals surface area contributed by atoms with Gasteiger partial charge in [-0.3, -0.25) is 0 Å². The van der Waals surface area contributed by atoms with Gasteiger partial charge in [0.25, 0.3) is 0 Å². The number of hydrogen-bond acceptors (Lipinski definition) is 1. The van der Waals surface area contributed by atoms with Gasteiger partial charge in [0.2, 0.25) is 0 Å². The average molecular weight is 760 g/mol. The second-order valence-corrected chi connectivity index (χ2v) is 17.7. The molecule has 0 N–H and O–H groups in total. The van der Waals surface area contributed by atoms with Crippen molar-refractivity contribution in [1.82, 2.24) is 0 Å². The van der Waals surface area contributed by atoms with Crippen molar-refractivity contribution in [3.63, 3.8) is 0 Å². The first kappa shape index (κ1) is 30.5. The van der Waals surface area contributed by atoms with Crippen molar-refractivity contribution < 1.29 is 6.85 Å². The molecule has 0 saturated carbocycles. The molecule has 0 atom stereocenters. The Balaban J connectivity index is 1.76. The van der Waals surface area contributed by atoms with Gasteiger partial charge >= 0.3 is 0 Å². The van der Waals surface area contributed by atoms with Crippen LogP contribution in [0.5, 0.6) is 0 Å². The normalized spacial score (nSPS) is 13.6. The molecule has 0 saturated heterocycles. The summed E-state index contributed by atoms with van der Waals surface area (Å²) in [6.07, 6.45) is 0. The summed E-state index contributed by atoms with van der Waals surface area (Å²) in [4.78, 5) is 2.18. The molecule has 260 valence electrons. The number of anilines is 3. The smallest absolute Gasteiger partial charge is 0.0629 e. The molecule has 6 aromatic carbocycles. The number of halogens is 2. The van der Waals surface area contributed by atoms with Crippen LogP contribution in [-0.2, 0) is 16.2 Å². The van der Waals surface area contributed by atoms with Crippen LogP contribution in [0.4, 0.5) is 17.1 Å². The van der Waals surface area contributed by atoms with Gasteiger partial charge < -0.3 is 4.90 Å². The SMILES string of the molecule is [2H]c1c([2H])c([2H])c(-c2cccc(N(c3cc(Cl)cc(Br)c3)c3c(-c4ccc(C(C)(C)C)cc4)cccc3-c3ccc(C(C)(C)C)cc3C(C)(C)C)c2)c([2H])c1[2H]. The third-order valence-corrected chi connectivity index (χ3v) is 9.98. The fourth-order valence-corrected chi connectivity index (χ4v) is 7.36. The first-order valence-electron chi connectivity index (χ1n) is 19.9. The van der Waals surface area contributed by atoms with Crippen molar-refractivity contribution in [2.45, 2.75) is 78.6 Å². The Morgan fingerprint density at radius 1 is 0.529 bits per heavy atom. The van der Waals surface area contributed by atoms with Crippen molar-refractivity contribution >= 4 is 44.6 Å². The third kappa shape index (κ3) is 8.03. The second-order valence-electron chi connectivity index (χ2n) is 16.3. The summed E-state index contributed by atoms with van der Waals surface area (Å²) >= 11 is 10.6. The molecule has 0 bridgehead atoms. The first-order chi connectivity index (χ1) is 26.1. The van der Waals surface area contributed by atoms with Gasteiger partial charge in [0.05, 0.1) is 12.5 Å². The Hall–Kier alpha value is -4.11. The van der Waals surface area contributed by atoms with Crippen LogP contribution < -0.4 is 4.90 Å². The van der Waals surface area contributed by atoms with Gasteiger partial charge in [-0.2, -0.15) is 0 Å². The molecule has 0 radical (unpaired) electrons. The summed E-state index contributed by atoms with van der Waals surface area (Å²) in [7, 11) is 0. The average Bonchev–Trinajstić information content (AvgIpc) is 3.12. The maximum atomic E-state index is 8.82. The Morgan fingerprint density at radius 3 is 1.78 bits per heavy atom. The second kappa shape index (κ2) is 14.1. The number of rotatable bonds is 6. The molecule has 0 spiro atoms. The summed E-state index contributed by atoms with van der Waals surface area (Å²) in [6, 6.07) is 33.8. The summed E-state index contributed by atoms with van der Waals surface area (Å²) in [5, 5.41) is 0.541. The van der Waals surface area contributed by atoms with Crippen LogP contribution in [0.25, 0.3) is 33.4 Å². The Bertz CT molecular complexity index is 2400. The molecule has 0 amide bonds. The summed E-state index contributed by atoms with van der Waals surface area (Å²) < 4.78 is 43.5. The quantitative estimate of drug-likeness (QED) is 0.163. The summed E-state index contributed by atoms with van der Waals surface area (Å²) in [6.45, 7) is 20.1. The van der Waals surface area contributed by atoms with Gasteiger partial charge in [-0.15, -0.1) is 0 Å². The lowest BCUT2D eigenvalue weighted by atomic mass is 9.76. The molecular formula is C48H49BrClN. The molecule has 6 rings (SSSR count).